The fourth-order valence-corrected chi connectivity index (χ4v) is 2.92. The van der Waals surface area contributed by atoms with Crippen LogP contribution in [0.15, 0.2) is 0 Å². The van der Waals surface area contributed by atoms with Crippen LogP contribution in [0, 0.1) is 17.8 Å². The molecule has 1 aromatic heterocycles. The van der Waals surface area contributed by atoms with Gasteiger partial charge in [-0.25, -0.2) is 4.68 Å². The van der Waals surface area contributed by atoms with E-state index >= 15 is 0 Å². The number of nitrogens with zero attached hydrogens (tertiary/aromatic N) is 4. The molecule has 0 unspecified atom stereocenters. The van der Waals surface area contributed by atoms with Gasteiger partial charge < -0.3 is 5.32 Å². The molecule has 0 aliphatic heterocycles. The fourth-order valence-electron chi connectivity index (χ4n) is 2.92. The molecule has 1 aliphatic carbocycles. The first-order valence-corrected chi connectivity index (χ1v) is 8.11. The Hall–Kier alpha value is -0.970. The van der Waals surface area contributed by atoms with Gasteiger partial charge in [-0.15, -0.1) is 5.10 Å². The zero-order chi connectivity index (χ0) is 14.4. The first-order chi connectivity index (χ1) is 9.65. The monoisotopic (exact) mass is 279 g/mol. The van der Waals surface area contributed by atoms with Crippen molar-refractivity contribution in [3.63, 3.8) is 0 Å². The summed E-state index contributed by atoms with van der Waals surface area (Å²) >= 11 is 0. The van der Waals surface area contributed by atoms with Crippen LogP contribution in [0.5, 0.6) is 0 Å². The molecule has 2 rings (SSSR count). The van der Waals surface area contributed by atoms with Gasteiger partial charge in [0.2, 0.25) is 0 Å². The van der Waals surface area contributed by atoms with E-state index in [0.717, 1.165) is 37.3 Å². The van der Waals surface area contributed by atoms with Crippen molar-refractivity contribution in [3.8, 4) is 0 Å². The third-order valence-electron chi connectivity index (χ3n) is 4.33. The minimum Gasteiger partial charge on any atom is -0.310 e. The van der Waals surface area contributed by atoms with E-state index in [2.05, 4.69) is 41.6 Å². The first-order valence-electron chi connectivity index (χ1n) is 8.11. The van der Waals surface area contributed by atoms with E-state index in [-0.39, 0.29) is 0 Å². The van der Waals surface area contributed by atoms with Gasteiger partial charge in [0, 0.05) is 6.54 Å². The standard InChI is InChI=1S/C15H29N5/c1-12(2)10-16-11-15-17-18-19-20(15)9-8-14-6-4-13(3)5-7-14/h12-14,16H,4-11H2,1-3H3. The Bertz CT molecular complexity index is 379. The lowest BCUT2D eigenvalue weighted by molar-refractivity contribution is 0.264. The summed E-state index contributed by atoms with van der Waals surface area (Å²) in [4.78, 5) is 0. The van der Waals surface area contributed by atoms with E-state index in [1.54, 1.807) is 0 Å². The molecule has 20 heavy (non-hydrogen) atoms. The molecule has 1 N–H and O–H groups in total. The lowest BCUT2D eigenvalue weighted by atomic mass is 9.81. The number of hydrogen-bond donors (Lipinski definition) is 1. The Morgan fingerprint density at radius 3 is 2.70 bits per heavy atom. The molecule has 0 atom stereocenters. The van der Waals surface area contributed by atoms with Crippen LogP contribution in [0.25, 0.3) is 0 Å². The first kappa shape index (κ1) is 15.4. The molecular weight excluding hydrogens is 250 g/mol. The summed E-state index contributed by atoms with van der Waals surface area (Å²) < 4.78 is 1.98. The molecule has 1 aliphatic rings. The summed E-state index contributed by atoms with van der Waals surface area (Å²) in [5, 5.41) is 15.5. The molecule has 1 saturated carbocycles. The quantitative estimate of drug-likeness (QED) is 0.833. The highest BCUT2D eigenvalue weighted by molar-refractivity contribution is 4.80. The predicted molar refractivity (Wildman–Crippen MR) is 80.1 cm³/mol. The van der Waals surface area contributed by atoms with Gasteiger partial charge in [-0.1, -0.05) is 46.5 Å². The number of nitrogens with one attached hydrogen (secondary N) is 1. The average Bonchev–Trinajstić information content (AvgIpc) is 2.85. The second-order valence-corrected chi connectivity index (χ2v) is 6.76. The summed E-state index contributed by atoms with van der Waals surface area (Å²) in [6, 6.07) is 0. The Labute approximate surface area is 122 Å². The third-order valence-corrected chi connectivity index (χ3v) is 4.33. The molecule has 1 heterocycles. The van der Waals surface area contributed by atoms with Crippen molar-refractivity contribution in [2.45, 2.75) is 66.0 Å². The van der Waals surface area contributed by atoms with Crippen molar-refractivity contribution in [2.24, 2.45) is 17.8 Å². The molecule has 0 radical (unpaired) electrons. The number of tetrazole rings is 1. The highest BCUT2D eigenvalue weighted by Gasteiger charge is 2.18. The van der Waals surface area contributed by atoms with Crippen LogP contribution in [0.2, 0.25) is 0 Å². The van der Waals surface area contributed by atoms with Gasteiger partial charge in [-0.2, -0.15) is 0 Å². The largest absolute Gasteiger partial charge is 0.310 e. The van der Waals surface area contributed by atoms with Crippen molar-refractivity contribution in [1.82, 2.24) is 25.5 Å². The Morgan fingerprint density at radius 2 is 2.00 bits per heavy atom. The van der Waals surface area contributed by atoms with Gasteiger partial charge in [0.15, 0.2) is 5.82 Å². The maximum Gasteiger partial charge on any atom is 0.165 e. The van der Waals surface area contributed by atoms with Crippen molar-refractivity contribution in [1.29, 1.82) is 0 Å². The van der Waals surface area contributed by atoms with Crippen LogP contribution in [0.1, 0.15) is 58.7 Å². The fraction of sp³-hybridized carbons (Fsp3) is 0.933. The maximum atomic E-state index is 4.13. The molecule has 114 valence electrons. The highest BCUT2D eigenvalue weighted by atomic mass is 15.5. The van der Waals surface area contributed by atoms with Crippen LogP contribution in [-0.4, -0.2) is 26.8 Å². The van der Waals surface area contributed by atoms with E-state index in [1.807, 2.05) is 4.68 Å². The molecule has 0 amide bonds. The molecule has 0 aromatic carbocycles. The van der Waals surface area contributed by atoms with Crippen LogP contribution in [0.4, 0.5) is 0 Å². The second kappa shape index (κ2) is 7.72. The minimum absolute atomic E-state index is 0.656. The second-order valence-electron chi connectivity index (χ2n) is 6.76. The van der Waals surface area contributed by atoms with Gasteiger partial charge in [0.25, 0.3) is 0 Å². The topological polar surface area (TPSA) is 55.6 Å². The minimum atomic E-state index is 0.656. The molecule has 0 bridgehead atoms. The van der Waals surface area contributed by atoms with Crippen molar-refractivity contribution in [2.75, 3.05) is 6.54 Å². The Morgan fingerprint density at radius 1 is 1.25 bits per heavy atom. The lowest BCUT2D eigenvalue weighted by Crippen LogP contribution is -2.22. The molecule has 0 saturated heterocycles. The van der Waals surface area contributed by atoms with Gasteiger partial charge in [-0.3, -0.25) is 0 Å². The molecular formula is C15H29N5. The van der Waals surface area contributed by atoms with Crippen molar-refractivity contribution in [3.05, 3.63) is 5.82 Å². The predicted octanol–water partition coefficient (Wildman–Crippen LogP) is 2.64. The summed E-state index contributed by atoms with van der Waals surface area (Å²) in [7, 11) is 0. The number of rotatable bonds is 7. The van der Waals surface area contributed by atoms with Crippen LogP contribution in [-0.2, 0) is 13.1 Å². The highest BCUT2D eigenvalue weighted by Crippen LogP contribution is 2.30. The summed E-state index contributed by atoms with van der Waals surface area (Å²) in [5.41, 5.74) is 0. The SMILES string of the molecule is CC(C)CNCc1nnnn1CCC1CCC(C)CC1. The van der Waals surface area contributed by atoms with Gasteiger partial charge >= 0.3 is 0 Å². The lowest BCUT2D eigenvalue weighted by Gasteiger charge is -2.25. The van der Waals surface area contributed by atoms with Crippen LogP contribution >= 0.6 is 0 Å². The van der Waals surface area contributed by atoms with E-state index in [1.165, 1.54) is 32.1 Å². The van der Waals surface area contributed by atoms with E-state index < -0.39 is 0 Å². The smallest absolute Gasteiger partial charge is 0.165 e. The van der Waals surface area contributed by atoms with Crippen molar-refractivity contribution >= 4 is 0 Å². The van der Waals surface area contributed by atoms with E-state index in [0.29, 0.717) is 5.92 Å². The molecule has 5 nitrogen and oxygen atoms in total. The third kappa shape index (κ3) is 4.85. The maximum absolute atomic E-state index is 4.13. The van der Waals surface area contributed by atoms with E-state index in [9.17, 15) is 0 Å². The number of hydrogen-bond acceptors (Lipinski definition) is 4. The van der Waals surface area contributed by atoms with E-state index in [4.69, 9.17) is 0 Å². The molecule has 5 heteroatoms. The molecule has 1 aromatic rings. The van der Waals surface area contributed by atoms with Gasteiger partial charge in [0.05, 0.1) is 6.54 Å². The van der Waals surface area contributed by atoms with Gasteiger partial charge in [0.1, 0.15) is 0 Å². The summed E-state index contributed by atoms with van der Waals surface area (Å²) in [6.07, 6.45) is 6.76. The van der Waals surface area contributed by atoms with Crippen molar-refractivity contribution < 1.29 is 0 Å². The number of aromatic nitrogens is 4. The average molecular weight is 279 g/mol. The molecule has 0 spiro atoms. The Kier molecular flexibility index (Phi) is 5.95. The number of aryl methyl sites for hydroxylation is 1. The summed E-state index contributed by atoms with van der Waals surface area (Å²) in [5.74, 6) is 3.42. The Balaban J connectivity index is 1.74. The molecule has 1 fully saturated rings. The summed E-state index contributed by atoms with van der Waals surface area (Å²) in [6.45, 7) is 9.53. The normalized spacial score (nSPS) is 23.4. The van der Waals surface area contributed by atoms with Crippen LogP contribution < -0.4 is 5.32 Å². The zero-order valence-corrected chi connectivity index (χ0v) is 13.2. The van der Waals surface area contributed by atoms with Crippen LogP contribution in [0.3, 0.4) is 0 Å². The van der Waals surface area contributed by atoms with Gasteiger partial charge in [-0.05, 0) is 41.1 Å². The zero-order valence-electron chi connectivity index (χ0n) is 13.2.